The Balaban J connectivity index is 1.20. The van der Waals surface area contributed by atoms with Crippen LogP contribution in [0.4, 0.5) is 11.5 Å². The van der Waals surface area contributed by atoms with E-state index in [4.69, 9.17) is 9.47 Å². The van der Waals surface area contributed by atoms with Crippen molar-refractivity contribution in [1.29, 1.82) is 0 Å². The second kappa shape index (κ2) is 10.3. The standard InChI is InChI=1S/C26H32N4O3S/c1-17-18(2)34-26-23(17)24(27-16-28-26)30-12-10-19(11-13-30)25(31)29-21-8-3-4-9-22(21)33-15-20-7-5-6-14-32-20/h3-4,8-9,16,19-20H,5-7,10-15H2,1-2H3,(H,29,31). The van der Waals surface area contributed by atoms with Crippen LogP contribution in [0.5, 0.6) is 5.75 Å². The Morgan fingerprint density at radius 3 is 2.79 bits per heavy atom. The molecule has 2 fully saturated rings. The maximum atomic E-state index is 13.1. The summed E-state index contributed by atoms with van der Waals surface area (Å²) >= 11 is 1.72. The van der Waals surface area contributed by atoms with Gasteiger partial charge in [-0.3, -0.25) is 4.79 Å². The summed E-state index contributed by atoms with van der Waals surface area (Å²) in [5.41, 5.74) is 1.98. The van der Waals surface area contributed by atoms with Crippen molar-refractivity contribution in [2.75, 3.05) is 36.5 Å². The third-order valence-corrected chi connectivity index (χ3v) is 8.07. The van der Waals surface area contributed by atoms with Crippen molar-refractivity contribution in [2.24, 2.45) is 5.92 Å². The van der Waals surface area contributed by atoms with Crippen molar-refractivity contribution in [2.45, 2.75) is 52.1 Å². The third-order valence-electron chi connectivity index (χ3n) is 6.95. The summed E-state index contributed by atoms with van der Waals surface area (Å²) < 4.78 is 11.8. The molecule has 1 atom stereocenters. The van der Waals surface area contributed by atoms with Crippen LogP contribution in [0.25, 0.3) is 10.2 Å². The van der Waals surface area contributed by atoms with Gasteiger partial charge in [0.25, 0.3) is 0 Å². The molecule has 0 aliphatic carbocycles. The summed E-state index contributed by atoms with van der Waals surface area (Å²) in [6.07, 6.45) is 6.69. The van der Waals surface area contributed by atoms with E-state index < -0.39 is 0 Å². The number of thiophene rings is 1. The average molecular weight is 481 g/mol. The zero-order valence-corrected chi connectivity index (χ0v) is 20.7. The molecular weight excluding hydrogens is 448 g/mol. The highest BCUT2D eigenvalue weighted by molar-refractivity contribution is 7.18. The summed E-state index contributed by atoms with van der Waals surface area (Å²) in [6, 6.07) is 7.67. The van der Waals surface area contributed by atoms with Gasteiger partial charge in [-0.05, 0) is 63.6 Å². The van der Waals surface area contributed by atoms with E-state index in [2.05, 4.69) is 34.0 Å². The Hall–Kier alpha value is -2.71. The summed E-state index contributed by atoms with van der Waals surface area (Å²) in [5, 5.41) is 4.27. The van der Waals surface area contributed by atoms with Crippen molar-refractivity contribution in [3.63, 3.8) is 0 Å². The largest absolute Gasteiger partial charge is 0.489 e. The smallest absolute Gasteiger partial charge is 0.227 e. The second-order valence-corrected chi connectivity index (χ2v) is 10.4. The van der Waals surface area contributed by atoms with E-state index in [1.54, 1.807) is 17.7 Å². The molecule has 0 radical (unpaired) electrons. The van der Waals surface area contributed by atoms with Crippen molar-refractivity contribution >= 4 is 39.0 Å². The molecule has 0 bridgehead atoms. The molecule has 180 valence electrons. The molecule has 1 amide bonds. The number of benzene rings is 1. The number of piperidine rings is 1. The molecule has 4 heterocycles. The quantitative estimate of drug-likeness (QED) is 0.528. The molecule has 7 nitrogen and oxygen atoms in total. The molecule has 0 spiro atoms. The number of ether oxygens (including phenoxy) is 2. The SMILES string of the molecule is Cc1sc2ncnc(N3CCC(C(=O)Nc4ccccc4OCC4CCCCO4)CC3)c2c1C. The summed E-state index contributed by atoms with van der Waals surface area (Å²) in [7, 11) is 0. The van der Waals surface area contributed by atoms with Gasteiger partial charge < -0.3 is 19.7 Å². The Kier molecular flexibility index (Phi) is 6.97. The van der Waals surface area contributed by atoms with Gasteiger partial charge in [0.05, 0.1) is 17.2 Å². The third kappa shape index (κ3) is 4.88. The van der Waals surface area contributed by atoms with E-state index in [-0.39, 0.29) is 17.9 Å². The van der Waals surface area contributed by atoms with Gasteiger partial charge in [-0.1, -0.05) is 12.1 Å². The zero-order valence-electron chi connectivity index (χ0n) is 19.9. The fourth-order valence-electron chi connectivity index (χ4n) is 4.81. The molecule has 8 heteroatoms. The molecule has 5 rings (SSSR count). The van der Waals surface area contributed by atoms with Gasteiger partial charge in [0.1, 0.15) is 29.3 Å². The van der Waals surface area contributed by atoms with E-state index >= 15 is 0 Å². The Morgan fingerprint density at radius 1 is 1.18 bits per heavy atom. The number of nitrogens with one attached hydrogen (secondary N) is 1. The average Bonchev–Trinajstić information content (AvgIpc) is 3.17. The van der Waals surface area contributed by atoms with Gasteiger partial charge in [-0.25, -0.2) is 9.97 Å². The van der Waals surface area contributed by atoms with Crippen molar-refractivity contribution < 1.29 is 14.3 Å². The number of para-hydroxylation sites is 2. The number of nitrogens with zero attached hydrogens (tertiary/aromatic N) is 3. The van der Waals surface area contributed by atoms with Crippen molar-refractivity contribution in [3.8, 4) is 5.75 Å². The number of aromatic nitrogens is 2. The number of hydrogen-bond donors (Lipinski definition) is 1. The lowest BCUT2D eigenvalue weighted by Gasteiger charge is -2.32. The molecule has 1 aromatic carbocycles. The van der Waals surface area contributed by atoms with E-state index in [1.165, 1.54) is 16.9 Å². The van der Waals surface area contributed by atoms with Crippen molar-refractivity contribution in [3.05, 3.63) is 41.0 Å². The van der Waals surface area contributed by atoms with Gasteiger partial charge >= 0.3 is 0 Å². The first-order chi connectivity index (χ1) is 16.6. The van der Waals surface area contributed by atoms with Crippen LogP contribution >= 0.6 is 11.3 Å². The van der Waals surface area contributed by atoms with Crippen LogP contribution in [-0.2, 0) is 9.53 Å². The lowest BCUT2D eigenvalue weighted by atomic mass is 9.95. The maximum Gasteiger partial charge on any atom is 0.227 e. The maximum absolute atomic E-state index is 13.1. The normalized spacial score (nSPS) is 19.4. The number of hydrogen-bond acceptors (Lipinski definition) is 7. The minimum atomic E-state index is -0.0337. The van der Waals surface area contributed by atoms with Crippen LogP contribution in [0, 0.1) is 19.8 Å². The molecular formula is C26H32N4O3S. The highest BCUT2D eigenvalue weighted by atomic mass is 32.1. The van der Waals surface area contributed by atoms with Crippen LogP contribution in [-0.4, -0.2) is 48.3 Å². The summed E-state index contributed by atoms with van der Waals surface area (Å²) in [5.74, 6) is 1.72. The highest BCUT2D eigenvalue weighted by Gasteiger charge is 2.28. The monoisotopic (exact) mass is 480 g/mol. The van der Waals surface area contributed by atoms with Gasteiger partial charge in [-0.2, -0.15) is 0 Å². The van der Waals surface area contributed by atoms with Crippen molar-refractivity contribution in [1.82, 2.24) is 9.97 Å². The Bertz CT molecular complexity index is 1150. The highest BCUT2D eigenvalue weighted by Crippen LogP contribution is 2.36. The lowest BCUT2D eigenvalue weighted by molar-refractivity contribution is -0.120. The number of aryl methyl sites for hydroxylation is 2. The molecule has 1 unspecified atom stereocenters. The number of anilines is 2. The number of carbonyl (C=O) groups is 1. The zero-order chi connectivity index (χ0) is 23.5. The van der Waals surface area contributed by atoms with Gasteiger partial charge in [0.15, 0.2) is 0 Å². The first kappa shape index (κ1) is 23.1. The first-order valence-corrected chi connectivity index (χ1v) is 13.0. The first-order valence-electron chi connectivity index (χ1n) is 12.2. The minimum absolute atomic E-state index is 0.0337. The van der Waals surface area contributed by atoms with Crippen LogP contribution in [0.3, 0.4) is 0 Å². The molecule has 1 N–H and O–H groups in total. The summed E-state index contributed by atoms with van der Waals surface area (Å²) in [4.78, 5) is 26.8. The number of carbonyl (C=O) groups excluding carboxylic acids is 1. The number of fused-ring (bicyclic) bond motifs is 1. The number of amides is 1. The van der Waals surface area contributed by atoms with Crippen LogP contribution < -0.4 is 15.0 Å². The Labute approximate surface area is 204 Å². The fraction of sp³-hybridized carbons (Fsp3) is 0.500. The predicted molar refractivity (Wildman–Crippen MR) is 136 cm³/mol. The topological polar surface area (TPSA) is 76.6 Å². The molecule has 2 aromatic heterocycles. The van der Waals surface area contributed by atoms with E-state index in [0.717, 1.165) is 67.1 Å². The van der Waals surface area contributed by atoms with Crippen LogP contribution in [0.1, 0.15) is 42.5 Å². The van der Waals surface area contributed by atoms with Crippen LogP contribution in [0.15, 0.2) is 30.6 Å². The van der Waals surface area contributed by atoms with E-state index in [0.29, 0.717) is 12.4 Å². The Morgan fingerprint density at radius 2 is 2.00 bits per heavy atom. The van der Waals surface area contributed by atoms with Gasteiger partial charge in [0.2, 0.25) is 5.91 Å². The second-order valence-electron chi connectivity index (χ2n) is 9.21. The molecule has 2 aliphatic rings. The predicted octanol–water partition coefficient (Wildman–Crippen LogP) is 5.11. The molecule has 2 aliphatic heterocycles. The van der Waals surface area contributed by atoms with E-state index in [9.17, 15) is 4.79 Å². The molecule has 2 saturated heterocycles. The summed E-state index contributed by atoms with van der Waals surface area (Å²) in [6.45, 7) is 7.19. The number of rotatable bonds is 6. The van der Waals surface area contributed by atoms with Gasteiger partial charge in [-0.15, -0.1) is 11.3 Å². The fourth-order valence-corrected chi connectivity index (χ4v) is 5.80. The lowest BCUT2D eigenvalue weighted by Crippen LogP contribution is -2.38. The van der Waals surface area contributed by atoms with Gasteiger partial charge in [0, 0.05) is 30.5 Å². The van der Waals surface area contributed by atoms with Crippen LogP contribution in [0.2, 0.25) is 0 Å². The van der Waals surface area contributed by atoms with E-state index in [1.807, 2.05) is 24.3 Å². The molecule has 34 heavy (non-hydrogen) atoms. The molecule has 3 aromatic rings. The molecule has 0 saturated carbocycles. The minimum Gasteiger partial charge on any atom is -0.489 e.